The summed E-state index contributed by atoms with van der Waals surface area (Å²) in [6.45, 7) is -0.366. The van der Waals surface area contributed by atoms with E-state index in [1.807, 2.05) is 0 Å². The highest BCUT2D eigenvalue weighted by atomic mass is 19.4. The van der Waals surface area contributed by atoms with Crippen molar-refractivity contribution in [1.29, 1.82) is 0 Å². The number of aliphatic hydroxyl groups excluding tert-OH is 1. The number of nitrogens with zero attached hydrogens (tertiary/aromatic N) is 3. The Morgan fingerprint density at radius 3 is 2.70 bits per heavy atom. The Hall–Kier alpha value is -3.20. The van der Waals surface area contributed by atoms with Crippen LogP contribution in [0, 0.1) is 0 Å². The lowest BCUT2D eigenvalue weighted by atomic mass is 10.0. The van der Waals surface area contributed by atoms with Gasteiger partial charge in [0.2, 0.25) is 0 Å². The summed E-state index contributed by atoms with van der Waals surface area (Å²) >= 11 is 0. The van der Waals surface area contributed by atoms with Crippen molar-refractivity contribution >= 4 is 5.91 Å². The van der Waals surface area contributed by atoms with E-state index in [-0.39, 0.29) is 17.7 Å². The SMILES string of the molecule is O=C(NCC(O)c1ccccc1C(F)(F)F)c1ccnc(-n2ccnc2)c1. The molecule has 0 spiro atoms. The van der Waals surface area contributed by atoms with Gasteiger partial charge in [-0.25, -0.2) is 9.97 Å². The molecule has 1 atom stereocenters. The molecule has 27 heavy (non-hydrogen) atoms. The minimum atomic E-state index is -4.59. The first kappa shape index (κ1) is 18.6. The molecule has 140 valence electrons. The fourth-order valence-electron chi connectivity index (χ4n) is 2.54. The summed E-state index contributed by atoms with van der Waals surface area (Å²) in [5.74, 6) is -0.0783. The van der Waals surface area contributed by atoms with E-state index in [1.54, 1.807) is 17.0 Å². The van der Waals surface area contributed by atoms with Crippen molar-refractivity contribution < 1.29 is 23.1 Å². The van der Waals surface area contributed by atoms with Gasteiger partial charge in [-0.1, -0.05) is 18.2 Å². The van der Waals surface area contributed by atoms with E-state index >= 15 is 0 Å². The number of pyridine rings is 1. The van der Waals surface area contributed by atoms with E-state index in [0.29, 0.717) is 5.82 Å². The van der Waals surface area contributed by atoms with Crippen LogP contribution in [0.1, 0.15) is 27.6 Å². The van der Waals surface area contributed by atoms with Crippen molar-refractivity contribution in [2.75, 3.05) is 6.54 Å². The Kier molecular flexibility index (Phi) is 5.22. The zero-order valence-electron chi connectivity index (χ0n) is 13.9. The second-order valence-electron chi connectivity index (χ2n) is 5.68. The van der Waals surface area contributed by atoms with Crippen LogP contribution < -0.4 is 5.32 Å². The Balaban J connectivity index is 1.71. The van der Waals surface area contributed by atoms with Crippen LogP contribution in [0.4, 0.5) is 13.2 Å². The van der Waals surface area contributed by atoms with Gasteiger partial charge in [0.1, 0.15) is 12.1 Å². The molecule has 0 aliphatic heterocycles. The highest BCUT2D eigenvalue weighted by Gasteiger charge is 2.34. The maximum absolute atomic E-state index is 13.0. The molecule has 1 amide bonds. The summed E-state index contributed by atoms with van der Waals surface area (Å²) in [7, 11) is 0. The Morgan fingerprint density at radius 1 is 1.22 bits per heavy atom. The molecule has 1 unspecified atom stereocenters. The molecule has 0 aliphatic carbocycles. The van der Waals surface area contributed by atoms with Gasteiger partial charge in [0.25, 0.3) is 5.91 Å². The van der Waals surface area contributed by atoms with Gasteiger partial charge in [-0.3, -0.25) is 9.36 Å². The molecule has 6 nitrogen and oxygen atoms in total. The minimum absolute atomic E-state index is 0.255. The molecule has 3 rings (SSSR count). The van der Waals surface area contributed by atoms with Crippen molar-refractivity contribution in [2.45, 2.75) is 12.3 Å². The van der Waals surface area contributed by atoms with Gasteiger partial charge in [-0.05, 0) is 23.8 Å². The molecule has 3 aromatic rings. The van der Waals surface area contributed by atoms with Gasteiger partial charge in [0.15, 0.2) is 0 Å². The smallest absolute Gasteiger partial charge is 0.387 e. The summed E-state index contributed by atoms with van der Waals surface area (Å²) in [6.07, 6.45) is 0.0696. The monoisotopic (exact) mass is 376 g/mol. The number of amides is 1. The van der Waals surface area contributed by atoms with E-state index in [9.17, 15) is 23.1 Å². The van der Waals surface area contributed by atoms with E-state index in [1.165, 1.54) is 42.9 Å². The van der Waals surface area contributed by atoms with Crippen LogP contribution in [0.15, 0.2) is 61.3 Å². The highest BCUT2D eigenvalue weighted by molar-refractivity contribution is 5.94. The molecular weight excluding hydrogens is 361 g/mol. The zero-order valence-corrected chi connectivity index (χ0v) is 13.9. The van der Waals surface area contributed by atoms with Gasteiger partial charge in [-0.2, -0.15) is 13.2 Å². The first-order chi connectivity index (χ1) is 12.9. The Morgan fingerprint density at radius 2 is 2.00 bits per heavy atom. The first-order valence-corrected chi connectivity index (χ1v) is 7.93. The second-order valence-corrected chi connectivity index (χ2v) is 5.68. The standard InChI is InChI=1S/C18H15F3N4O2/c19-18(20,21)14-4-2-1-3-13(14)15(26)10-24-17(27)12-5-6-23-16(9-12)25-8-7-22-11-25/h1-9,11,15,26H,10H2,(H,24,27). The van der Waals surface area contributed by atoms with Crippen LogP contribution in [0.3, 0.4) is 0 Å². The molecule has 9 heteroatoms. The third-order valence-electron chi connectivity index (χ3n) is 3.86. The number of carbonyl (C=O) groups is 1. The van der Waals surface area contributed by atoms with Crippen LogP contribution in [0.25, 0.3) is 5.82 Å². The van der Waals surface area contributed by atoms with Crippen LogP contribution in [-0.2, 0) is 6.18 Å². The van der Waals surface area contributed by atoms with Crippen molar-refractivity contribution in [1.82, 2.24) is 19.9 Å². The normalized spacial score (nSPS) is 12.6. The van der Waals surface area contributed by atoms with Crippen molar-refractivity contribution in [3.05, 3.63) is 78.0 Å². The molecule has 0 fully saturated rings. The number of alkyl halides is 3. The molecule has 0 bridgehead atoms. The highest BCUT2D eigenvalue weighted by Crippen LogP contribution is 2.34. The average molecular weight is 376 g/mol. The number of imidazole rings is 1. The molecule has 0 saturated carbocycles. The minimum Gasteiger partial charge on any atom is -0.387 e. The fourth-order valence-corrected chi connectivity index (χ4v) is 2.54. The molecular formula is C18H15F3N4O2. The lowest BCUT2D eigenvalue weighted by Crippen LogP contribution is -2.29. The molecule has 0 radical (unpaired) electrons. The van der Waals surface area contributed by atoms with E-state index in [2.05, 4.69) is 15.3 Å². The van der Waals surface area contributed by atoms with Gasteiger partial charge in [-0.15, -0.1) is 0 Å². The summed E-state index contributed by atoms with van der Waals surface area (Å²) in [5, 5.41) is 12.6. The summed E-state index contributed by atoms with van der Waals surface area (Å²) in [4.78, 5) is 20.3. The summed E-state index contributed by atoms with van der Waals surface area (Å²) in [5.41, 5.74) is -0.970. The quantitative estimate of drug-likeness (QED) is 0.718. The van der Waals surface area contributed by atoms with Crippen molar-refractivity contribution in [2.24, 2.45) is 0 Å². The number of carbonyl (C=O) groups excluding carboxylic acids is 1. The average Bonchev–Trinajstić information content (AvgIpc) is 3.20. The number of hydrogen-bond donors (Lipinski definition) is 2. The van der Waals surface area contributed by atoms with E-state index in [0.717, 1.165) is 6.07 Å². The number of hydrogen-bond acceptors (Lipinski definition) is 4. The van der Waals surface area contributed by atoms with Gasteiger partial charge in [0, 0.05) is 30.7 Å². The maximum Gasteiger partial charge on any atom is 0.416 e. The van der Waals surface area contributed by atoms with Gasteiger partial charge < -0.3 is 10.4 Å². The van der Waals surface area contributed by atoms with Crippen molar-refractivity contribution in [3.8, 4) is 5.82 Å². The largest absolute Gasteiger partial charge is 0.416 e. The number of rotatable bonds is 5. The lowest BCUT2D eigenvalue weighted by Gasteiger charge is -2.18. The second kappa shape index (κ2) is 7.58. The van der Waals surface area contributed by atoms with Crippen LogP contribution in [-0.4, -0.2) is 32.1 Å². The third kappa shape index (κ3) is 4.32. The predicted molar refractivity (Wildman–Crippen MR) is 90.1 cm³/mol. The number of aromatic nitrogens is 3. The van der Waals surface area contributed by atoms with Gasteiger partial charge >= 0.3 is 6.18 Å². The summed E-state index contributed by atoms with van der Waals surface area (Å²) in [6, 6.07) is 7.69. The Labute approximate surface area is 152 Å². The van der Waals surface area contributed by atoms with Crippen LogP contribution in [0.5, 0.6) is 0 Å². The molecule has 2 aromatic heterocycles. The number of benzene rings is 1. The first-order valence-electron chi connectivity index (χ1n) is 7.93. The van der Waals surface area contributed by atoms with Crippen LogP contribution in [0.2, 0.25) is 0 Å². The van der Waals surface area contributed by atoms with Crippen molar-refractivity contribution in [3.63, 3.8) is 0 Å². The zero-order chi connectivity index (χ0) is 19.4. The number of halogens is 3. The van der Waals surface area contributed by atoms with Crippen LogP contribution >= 0.6 is 0 Å². The number of aliphatic hydroxyl groups is 1. The third-order valence-corrected chi connectivity index (χ3v) is 3.86. The van der Waals surface area contributed by atoms with E-state index < -0.39 is 23.8 Å². The van der Waals surface area contributed by atoms with E-state index in [4.69, 9.17) is 0 Å². The molecule has 0 aliphatic rings. The maximum atomic E-state index is 13.0. The molecule has 2 heterocycles. The lowest BCUT2D eigenvalue weighted by molar-refractivity contribution is -0.139. The number of nitrogens with one attached hydrogen (secondary N) is 1. The predicted octanol–water partition coefficient (Wildman–Crippen LogP) is 2.75. The molecule has 2 N–H and O–H groups in total. The van der Waals surface area contributed by atoms with Gasteiger partial charge in [0.05, 0.1) is 11.7 Å². The summed E-state index contributed by atoms with van der Waals surface area (Å²) < 4.78 is 40.7. The fraction of sp³-hybridized carbons (Fsp3) is 0.167. The Bertz CT molecular complexity index is 926. The topological polar surface area (TPSA) is 80.0 Å². The molecule has 1 aromatic carbocycles. The molecule has 0 saturated heterocycles.